The lowest BCUT2D eigenvalue weighted by molar-refractivity contribution is -0.117. The molecule has 1 aliphatic heterocycles. The van der Waals surface area contributed by atoms with Gasteiger partial charge in [-0.25, -0.2) is 0 Å². The molecule has 1 atom stereocenters. The first kappa shape index (κ1) is 16.2. The second-order valence-electron chi connectivity index (χ2n) is 6.49. The molecular weight excluding hydrogens is 300 g/mol. The van der Waals surface area contributed by atoms with E-state index in [9.17, 15) is 9.59 Å². The predicted octanol–water partition coefficient (Wildman–Crippen LogP) is 3.09. The van der Waals surface area contributed by atoms with Crippen LogP contribution in [0.25, 0.3) is 0 Å². The smallest absolute Gasteiger partial charge is 0.251 e. The fourth-order valence-electron chi connectivity index (χ4n) is 2.94. The van der Waals surface area contributed by atoms with Crippen LogP contribution in [0.1, 0.15) is 27.9 Å². The van der Waals surface area contributed by atoms with Gasteiger partial charge in [-0.15, -0.1) is 0 Å². The molecule has 1 N–H and O–H groups in total. The zero-order valence-electron chi connectivity index (χ0n) is 14.1. The second-order valence-corrected chi connectivity index (χ2v) is 6.49. The molecule has 4 nitrogen and oxygen atoms in total. The van der Waals surface area contributed by atoms with Crippen molar-refractivity contribution in [2.75, 3.05) is 18.0 Å². The largest absolute Gasteiger partial charge is 0.352 e. The van der Waals surface area contributed by atoms with Crippen molar-refractivity contribution in [1.82, 2.24) is 5.32 Å². The summed E-state index contributed by atoms with van der Waals surface area (Å²) >= 11 is 0. The molecule has 0 saturated carbocycles. The van der Waals surface area contributed by atoms with E-state index < -0.39 is 0 Å². The Hall–Kier alpha value is -2.62. The average molecular weight is 322 g/mol. The Balaban J connectivity index is 1.57. The summed E-state index contributed by atoms with van der Waals surface area (Å²) in [5, 5.41) is 2.94. The number of hydrogen-bond acceptors (Lipinski definition) is 2. The number of nitrogens with one attached hydrogen (secondary N) is 1. The Bertz CT molecular complexity index is 735. The van der Waals surface area contributed by atoms with Crippen LogP contribution in [0, 0.1) is 19.8 Å². The Morgan fingerprint density at radius 1 is 1.04 bits per heavy atom. The number of rotatable bonds is 4. The highest BCUT2D eigenvalue weighted by molar-refractivity contribution is 5.96. The summed E-state index contributed by atoms with van der Waals surface area (Å²) in [6, 6.07) is 15.5. The van der Waals surface area contributed by atoms with Crippen molar-refractivity contribution in [3.05, 3.63) is 65.2 Å². The highest BCUT2D eigenvalue weighted by Crippen LogP contribution is 2.25. The van der Waals surface area contributed by atoms with Gasteiger partial charge in [0, 0.05) is 36.7 Å². The van der Waals surface area contributed by atoms with Crippen LogP contribution < -0.4 is 10.2 Å². The summed E-state index contributed by atoms with van der Waals surface area (Å²) in [5.74, 6) is 0.179. The fraction of sp³-hybridized carbons (Fsp3) is 0.300. The van der Waals surface area contributed by atoms with Gasteiger partial charge in [0.1, 0.15) is 0 Å². The van der Waals surface area contributed by atoms with E-state index in [0.29, 0.717) is 25.1 Å². The molecule has 1 fully saturated rings. The molecule has 0 aliphatic carbocycles. The molecule has 124 valence electrons. The standard InChI is InChI=1S/C20H22N2O2/c1-14-3-7-17(8-4-14)20(24)21-12-16-11-19(23)22(13-16)18-9-5-15(2)6-10-18/h3-10,16H,11-13H2,1-2H3,(H,21,24). The normalized spacial score (nSPS) is 17.2. The zero-order valence-corrected chi connectivity index (χ0v) is 14.1. The van der Waals surface area contributed by atoms with Crippen molar-refractivity contribution >= 4 is 17.5 Å². The molecule has 24 heavy (non-hydrogen) atoms. The van der Waals surface area contributed by atoms with E-state index in [1.165, 1.54) is 5.56 Å². The lowest BCUT2D eigenvalue weighted by atomic mass is 10.1. The molecule has 0 bridgehead atoms. The van der Waals surface area contributed by atoms with E-state index in [2.05, 4.69) is 5.32 Å². The van der Waals surface area contributed by atoms with E-state index in [-0.39, 0.29) is 17.7 Å². The minimum atomic E-state index is -0.0868. The van der Waals surface area contributed by atoms with Crippen LogP contribution in [0.2, 0.25) is 0 Å². The summed E-state index contributed by atoms with van der Waals surface area (Å²) < 4.78 is 0. The van der Waals surface area contributed by atoms with Crippen LogP contribution in [-0.2, 0) is 4.79 Å². The molecular formula is C20H22N2O2. The van der Waals surface area contributed by atoms with Gasteiger partial charge in [-0.2, -0.15) is 0 Å². The van der Waals surface area contributed by atoms with E-state index >= 15 is 0 Å². The molecule has 0 radical (unpaired) electrons. The van der Waals surface area contributed by atoms with Gasteiger partial charge in [0.25, 0.3) is 5.91 Å². The molecule has 1 unspecified atom stereocenters. The van der Waals surface area contributed by atoms with Gasteiger partial charge < -0.3 is 10.2 Å². The van der Waals surface area contributed by atoms with E-state index in [1.807, 2.05) is 67.3 Å². The lowest BCUT2D eigenvalue weighted by Gasteiger charge is -2.17. The minimum Gasteiger partial charge on any atom is -0.352 e. The van der Waals surface area contributed by atoms with Gasteiger partial charge in [-0.05, 0) is 38.1 Å². The third-order valence-corrected chi connectivity index (χ3v) is 4.42. The summed E-state index contributed by atoms with van der Waals surface area (Å²) in [7, 11) is 0. The van der Waals surface area contributed by atoms with Gasteiger partial charge >= 0.3 is 0 Å². The Morgan fingerprint density at radius 2 is 1.62 bits per heavy atom. The van der Waals surface area contributed by atoms with E-state index in [1.54, 1.807) is 0 Å². The van der Waals surface area contributed by atoms with Crippen LogP contribution in [0.3, 0.4) is 0 Å². The number of benzene rings is 2. The number of amides is 2. The van der Waals surface area contributed by atoms with Crippen molar-refractivity contribution in [3.63, 3.8) is 0 Å². The highest BCUT2D eigenvalue weighted by atomic mass is 16.2. The third-order valence-electron chi connectivity index (χ3n) is 4.42. The quantitative estimate of drug-likeness (QED) is 0.940. The molecule has 2 aromatic carbocycles. The van der Waals surface area contributed by atoms with Gasteiger partial charge in [-0.1, -0.05) is 35.4 Å². The number of anilines is 1. The van der Waals surface area contributed by atoms with Crippen LogP contribution in [0.5, 0.6) is 0 Å². The summed E-state index contributed by atoms with van der Waals surface area (Å²) in [6.07, 6.45) is 0.474. The van der Waals surface area contributed by atoms with Crippen molar-refractivity contribution in [1.29, 1.82) is 0 Å². The van der Waals surface area contributed by atoms with Crippen LogP contribution in [0.15, 0.2) is 48.5 Å². The molecule has 2 aromatic rings. The maximum absolute atomic E-state index is 12.2. The third kappa shape index (κ3) is 3.65. The Morgan fingerprint density at radius 3 is 2.25 bits per heavy atom. The first-order valence-corrected chi connectivity index (χ1v) is 8.25. The van der Waals surface area contributed by atoms with Crippen LogP contribution in [0.4, 0.5) is 5.69 Å². The van der Waals surface area contributed by atoms with Crippen molar-refractivity contribution in [3.8, 4) is 0 Å². The molecule has 0 aromatic heterocycles. The molecule has 1 saturated heterocycles. The SMILES string of the molecule is Cc1ccc(C(=O)NCC2CC(=O)N(c3ccc(C)cc3)C2)cc1. The first-order chi connectivity index (χ1) is 11.5. The summed E-state index contributed by atoms with van der Waals surface area (Å²) in [6.45, 7) is 5.18. The number of carbonyl (C=O) groups is 2. The predicted molar refractivity (Wildman–Crippen MR) is 95.2 cm³/mol. The van der Waals surface area contributed by atoms with Crippen molar-refractivity contribution in [2.45, 2.75) is 20.3 Å². The lowest BCUT2D eigenvalue weighted by Crippen LogP contribution is -2.31. The van der Waals surface area contributed by atoms with Gasteiger partial charge in [0.2, 0.25) is 5.91 Å². The molecule has 2 amide bonds. The van der Waals surface area contributed by atoms with E-state index in [0.717, 1.165) is 11.3 Å². The highest BCUT2D eigenvalue weighted by Gasteiger charge is 2.30. The number of nitrogens with zero attached hydrogens (tertiary/aromatic N) is 1. The topological polar surface area (TPSA) is 49.4 Å². The number of carbonyl (C=O) groups excluding carboxylic acids is 2. The molecule has 1 aliphatic rings. The van der Waals surface area contributed by atoms with Crippen LogP contribution in [-0.4, -0.2) is 24.9 Å². The fourth-order valence-corrected chi connectivity index (χ4v) is 2.94. The maximum atomic E-state index is 12.2. The second kappa shape index (κ2) is 6.87. The van der Waals surface area contributed by atoms with Gasteiger partial charge in [0.05, 0.1) is 0 Å². The zero-order chi connectivity index (χ0) is 17.1. The van der Waals surface area contributed by atoms with Crippen LogP contribution >= 0.6 is 0 Å². The molecule has 0 spiro atoms. The monoisotopic (exact) mass is 322 g/mol. The summed E-state index contributed by atoms with van der Waals surface area (Å²) in [4.78, 5) is 26.2. The Kier molecular flexibility index (Phi) is 4.65. The van der Waals surface area contributed by atoms with Crippen molar-refractivity contribution < 1.29 is 9.59 Å². The van der Waals surface area contributed by atoms with Gasteiger partial charge in [0.15, 0.2) is 0 Å². The Labute approximate surface area is 142 Å². The average Bonchev–Trinajstić information content (AvgIpc) is 2.95. The molecule has 1 heterocycles. The first-order valence-electron chi connectivity index (χ1n) is 8.25. The molecule has 4 heteroatoms. The van der Waals surface area contributed by atoms with Gasteiger partial charge in [-0.3, -0.25) is 9.59 Å². The minimum absolute atomic E-state index is 0.0868. The van der Waals surface area contributed by atoms with Crippen molar-refractivity contribution in [2.24, 2.45) is 5.92 Å². The van der Waals surface area contributed by atoms with E-state index in [4.69, 9.17) is 0 Å². The number of hydrogen-bond donors (Lipinski definition) is 1. The maximum Gasteiger partial charge on any atom is 0.251 e. The summed E-state index contributed by atoms with van der Waals surface area (Å²) in [5.41, 5.74) is 3.88. The number of aryl methyl sites for hydroxylation is 2. The molecule has 3 rings (SSSR count).